The maximum absolute atomic E-state index is 13.5. The quantitative estimate of drug-likeness (QED) is 0.673. The van der Waals surface area contributed by atoms with Crippen molar-refractivity contribution in [2.45, 2.75) is 33.4 Å². The predicted molar refractivity (Wildman–Crippen MR) is 99.7 cm³/mol. The van der Waals surface area contributed by atoms with Crippen molar-refractivity contribution in [3.8, 4) is 0 Å². The van der Waals surface area contributed by atoms with E-state index < -0.39 is 17.6 Å². The molecule has 156 valence electrons. The summed E-state index contributed by atoms with van der Waals surface area (Å²) in [4.78, 5) is 14.1. The van der Waals surface area contributed by atoms with Crippen molar-refractivity contribution in [1.29, 1.82) is 0 Å². The highest BCUT2D eigenvalue weighted by Gasteiger charge is 2.34. The lowest BCUT2D eigenvalue weighted by Crippen LogP contribution is -2.42. The maximum atomic E-state index is 13.5. The summed E-state index contributed by atoms with van der Waals surface area (Å²) < 4.78 is 57.3. The number of piperidine rings is 1. The van der Waals surface area contributed by atoms with Gasteiger partial charge in [0.2, 0.25) is 5.88 Å². The molecule has 1 fully saturated rings. The number of rotatable bonds is 2. The van der Waals surface area contributed by atoms with E-state index in [2.05, 4.69) is 10.5 Å². The van der Waals surface area contributed by atoms with E-state index in [4.69, 9.17) is 4.52 Å². The number of nitrogens with zero attached hydrogens (tertiary/aromatic N) is 2. The molecule has 1 aliphatic rings. The molecule has 0 saturated carbocycles. The van der Waals surface area contributed by atoms with Gasteiger partial charge in [-0.05, 0) is 43.9 Å². The van der Waals surface area contributed by atoms with Gasteiger partial charge in [0.1, 0.15) is 5.82 Å². The number of hydrogen-bond donors (Lipinski definition) is 1. The molecule has 1 aromatic heterocycles. The number of amides is 2. The number of benzene rings is 1. The summed E-state index contributed by atoms with van der Waals surface area (Å²) in [6.07, 6.45) is -2.61. The molecule has 0 aliphatic carbocycles. The van der Waals surface area contributed by atoms with Gasteiger partial charge in [0.05, 0.1) is 11.3 Å². The fourth-order valence-corrected chi connectivity index (χ4v) is 3.22. The number of urea groups is 1. The second-order valence-corrected chi connectivity index (χ2v) is 7.21. The van der Waals surface area contributed by atoms with Gasteiger partial charge in [0.15, 0.2) is 0 Å². The standard InChI is InChI=1S/C20H21F4N3O2/c1-11-10-27(19(28)25-18-12(2)13(3)26-29-18)7-6-15(11)8-14-4-5-17(21)16(9-14)20(22,23)24/h4-5,8-9,11H,6-7,10H2,1-3H3,(H,25,28). The minimum absolute atomic E-state index is 0.0635. The van der Waals surface area contributed by atoms with E-state index in [1.54, 1.807) is 24.8 Å². The number of alkyl halides is 3. The largest absolute Gasteiger partial charge is 0.419 e. The van der Waals surface area contributed by atoms with E-state index in [0.717, 1.165) is 23.3 Å². The van der Waals surface area contributed by atoms with Crippen LogP contribution in [0.5, 0.6) is 0 Å². The molecule has 1 saturated heterocycles. The van der Waals surface area contributed by atoms with Gasteiger partial charge in [-0.25, -0.2) is 9.18 Å². The van der Waals surface area contributed by atoms with Crippen LogP contribution in [0, 0.1) is 25.6 Å². The molecule has 0 bridgehead atoms. The Morgan fingerprint density at radius 3 is 2.66 bits per heavy atom. The van der Waals surface area contributed by atoms with Crippen LogP contribution in [0.2, 0.25) is 0 Å². The molecule has 1 unspecified atom stereocenters. The highest BCUT2D eigenvalue weighted by Crippen LogP contribution is 2.33. The minimum atomic E-state index is -4.75. The summed E-state index contributed by atoms with van der Waals surface area (Å²) in [6.45, 7) is 6.26. The zero-order valence-electron chi connectivity index (χ0n) is 16.2. The number of carbonyl (C=O) groups excluding carboxylic acids is 1. The molecule has 9 heteroatoms. The normalized spacial score (nSPS) is 18.9. The van der Waals surface area contributed by atoms with Crippen molar-refractivity contribution in [1.82, 2.24) is 10.1 Å². The Labute approximate surface area is 165 Å². The fraction of sp³-hybridized carbons (Fsp3) is 0.400. The molecule has 0 radical (unpaired) electrons. The molecule has 0 spiro atoms. The van der Waals surface area contributed by atoms with E-state index in [0.29, 0.717) is 31.1 Å². The summed E-state index contributed by atoms with van der Waals surface area (Å²) in [6, 6.07) is 2.63. The van der Waals surface area contributed by atoms with E-state index in [1.807, 2.05) is 6.92 Å². The second-order valence-electron chi connectivity index (χ2n) is 7.21. The van der Waals surface area contributed by atoms with Gasteiger partial charge in [-0.3, -0.25) is 5.32 Å². The van der Waals surface area contributed by atoms with Crippen molar-refractivity contribution in [2.75, 3.05) is 18.4 Å². The van der Waals surface area contributed by atoms with Gasteiger partial charge in [-0.1, -0.05) is 29.8 Å². The topological polar surface area (TPSA) is 58.4 Å². The summed E-state index contributed by atoms with van der Waals surface area (Å²) in [5.74, 6) is -1.06. The first-order valence-electron chi connectivity index (χ1n) is 9.12. The number of aromatic nitrogens is 1. The van der Waals surface area contributed by atoms with Crippen molar-refractivity contribution in [2.24, 2.45) is 5.92 Å². The third kappa shape index (κ3) is 4.60. The van der Waals surface area contributed by atoms with Crippen LogP contribution in [0.4, 0.5) is 28.2 Å². The summed E-state index contributed by atoms with van der Waals surface area (Å²) >= 11 is 0. The Bertz CT molecular complexity index is 950. The number of aryl methyl sites for hydroxylation is 1. The zero-order valence-corrected chi connectivity index (χ0v) is 16.2. The van der Waals surface area contributed by atoms with Gasteiger partial charge >= 0.3 is 12.2 Å². The Hall–Kier alpha value is -2.84. The molecule has 1 aromatic carbocycles. The van der Waals surface area contributed by atoms with Gasteiger partial charge in [0.25, 0.3) is 0 Å². The SMILES string of the molecule is Cc1noc(NC(=O)N2CCC(=Cc3ccc(F)c(C(F)(F)F)c3)C(C)C2)c1C. The van der Waals surface area contributed by atoms with Crippen molar-refractivity contribution in [3.63, 3.8) is 0 Å². The Kier molecular flexibility index (Phi) is 5.68. The predicted octanol–water partition coefficient (Wildman–Crippen LogP) is 5.41. The average Bonchev–Trinajstić information content (AvgIpc) is 2.96. The summed E-state index contributed by atoms with van der Waals surface area (Å²) in [7, 11) is 0. The lowest BCUT2D eigenvalue weighted by atomic mass is 9.91. The number of halogens is 4. The maximum Gasteiger partial charge on any atom is 0.419 e. The third-order valence-electron chi connectivity index (χ3n) is 5.11. The van der Waals surface area contributed by atoms with Crippen LogP contribution in [0.15, 0.2) is 28.3 Å². The van der Waals surface area contributed by atoms with Crippen molar-refractivity contribution >= 4 is 18.0 Å². The number of anilines is 1. The highest BCUT2D eigenvalue weighted by atomic mass is 19.4. The van der Waals surface area contributed by atoms with Crippen molar-refractivity contribution < 1.29 is 26.9 Å². The first kappa shape index (κ1) is 20.9. The molecule has 1 aliphatic heterocycles. The van der Waals surface area contributed by atoms with Crippen LogP contribution in [0.3, 0.4) is 0 Å². The molecule has 5 nitrogen and oxygen atoms in total. The molecular formula is C20H21F4N3O2. The number of nitrogens with one attached hydrogen (secondary N) is 1. The van der Waals surface area contributed by atoms with Gasteiger partial charge in [-0.15, -0.1) is 0 Å². The lowest BCUT2D eigenvalue weighted by molar-refractivity contribution is -0.140. The van der Waals surface area contributed by atoms with Crippen LogP contribution in [0.1, 0.15) is 35.7 Å². The van der Waals surface area contributed by atoms with E-state index >= 15 is 0 Å². The first-order chi connectivity index (χ1) is 13.6. The van der Waals surface area contributed by atoms with Crippen LogP contribution in [0.25, 0.3) is 6.08 Å². The first-order valence-corrected chi connectivity index (χ1v) is 9.12. The van der Waals surface area contributed by atoms with Gasteiger partial charge < -0.3 is 9.42 Å². The minimum Gasteiger partial charge on any atom is -0.338 e. The monoisotopic (exact) mass is 411 g/mol. The van der Waals surface area contributed by atoms with Crippen LogP contribution in [-0.4, -0.2) is 29.2 Å². The number of hydrogen-bond acceptors (Lipinski definition) is 3. The Morgan fingerprint density at radius 2 is 2.07 bits per heavy atom. The third-order valence-corrected chi connectivity index (χ3v) is 5.11. The molecule has 2 heterocycles. The molecule has 1 atom stereocenters. The van der Waals surface area contributed by atoms with Crippen LogP contribution >= 0.6 is 0 Å². The van der Waals surface area contributed by atoms with Gasteiger partial charge in [0, 0.05) is 18.7 Å². The van der Waals surface area contributed by atoms with E-state index in [-0.39, 0.29) is 17.5 Å². The summed E-state index contributed by atoms with van der Waals surface area (Å²) in [5, 5.41) is 6.48. The molecule has 3 rings (SSSR count). The molecule has 29 heavy (non-hydrogen) atoms. The van der Waals surface area contributed by atoms with Crippen LogP contribution in [-0.2, 0) is 6.18 Å². The Balaban J connectivity index is 1.70. The fourth-order valence-electron chi connectivity index (χ4n) is 3.22. The van der Waals surface area contributed by atoms with Crippen LogP contribution < -0.4 is 5.32 Å². The zero-order chi connectivity index (χ0) is 21.3. The molecule has 2 aromatic rings. The smallest absolute Gasteiger partial charge is 0.338 e. The Morgan fingerprint density at radius 1 is 1.34 bits per heavy atom. The van der Waals surface area contributed by atoms with E-state index in [9.17, 15) is 22.4 Å². The van der Waals surface area contributed by atoms with Crippen molar-refractivity contribution in [3.05, 3.63) is 52.0 Å². The van der Waals surface area contributed by atoms with E-state index in [1.165, 1.54) is 6.07 Å². The second kappa shape index (κ2) is 7.88. The van der Waals surface area contributed by atoms with Gasteiger partial charge in [-0.2, -0.15) is 13.2 Å². The molecule has 2 amide bonds. The number of carbonyl (C=O) groups is 1. The summed E-state index contributed by atoms with van der Waals surface area (Å²) in [5.41, 5.74) is 1.34. The molecular weight excluding hydrogens is 390 g/mol. The number of likely N-dealkylation sites (tertiary alicyclic amines) is 1. The lowest BCUT2D eigenvalue weighted by Gasteiger charge is -2.33. The molecule has 1 N–H and O–H groups in total. The average molecular weight is 411 g/mol. The highest BCUT2D eigenvalue weighted by molar-refractivity contribution is 5.88.